The molecule has 0 atom stereocenters. The minimum atomic E-state index is -0.331. The highest BCUT2D eigenvalue weighted by Gasteiger charge is 2.22. The number of hydrogen-bond donors (Lipinski definition) is 1. The average Bonchev–Trinajstić information content (AvgIpc) is 2.55. The highest BCUT2D eigenvalue weighted by molar-refractivity contribution is 6.01. The molecule has 0 spiro atoms. The van der Waals surface area contributed by atoms with E-state index in [0.717, 1.165) is 19.3 Å². The first-order chi connectivity index (χ1) is 11.0. The number of nitrogens with zero attached hydrogens (tertiary/aromatic N) is 3. The smallest absolute Gasteiger partial charge is 0.266 e. The van der Waals surface area contributed by atoms with E-state index in [1.165, 1.54) is 18.0 Å². The molecule has 1 aromatic rings. The molecule has 2 rings (SSSR count). The largest absolute Gasteiger partial charge is 0.399 e. The fraction of sp³-hybridized carbons (Fsp3) is 0.353. The third-order valence-electron chi connectivity index (χ3n) is 3.74. The number of carbonyl (C=O) groups excluding carboxylic acids is 2. The summed E-state index contributed by atoms with van der Waals surface area (Å²) in [4.78, 5) is 27.3. The molecule has 6 heteroatoms. The van der Waals surface area contributed by atoms with Gasteiger partial charge in [0.15, 0.2) is 0 Å². The lowest BCUT2D eigenvalue weighted by Crippen LogP contribution is -2.37. The molecule has 1 aliphatic rings. The zero-order valence-electron chi connectivity index (χ0n) is 13.2. The Labute approximate surface area is 135 Å². The second-order valence-corrected chi connectivity index (χ2v) is 5.49. The van der Waals surface area contributed by atoms with Gasteiger partial charge in [0.05, 0.1) is 5.69 Å². The zero-order chi connectivity index (χ0) is 16.8. The summed E-state index contributed by atoms with van der Waals surface area (Å²) in [5.41, 5.74) is 6.71. The summed E-state index contributed by atoms with van der Waals surface area (Å²) in [5, 5.41) is 9.33. The van der Waals surface area contributed by atoms with E-state index in [4.69, 9.17) is 5.73 Å². The van der Waals surface area contributed by atoms with E-state index in [2.05, 4.69) is 0 Å². The molecule has 0 aromatic heterocycles. The van der Waals surface area contributed by atoms with E-state index >= 15 is 0 Å². The second kappa shape index (κ2) is 7.45. The Balaban J connectivity index is 2.30. The molecule has 120 valence electrons. The van der Waals surface area contributed by atoms with E-state index in [0.29, 0.717) is 24.5 Å². The van der Waals surface area contributed by atoms with Crippen molar-refractivity contribution in [3.05, 3.63) is 36.0 Å². The number of nitrogen functional groups attached to an aromatic ring is 1. The molecule has 0 unspecified atom stereocenters. The molecule has 0 saturated carbocycles. The number of anilines is 2. The topological polar surface area (TPSA) is 90.4 Å². The van der Waals surface area contributed by atoms with Crippen LogP contribution < -0.4 is 10.6 Å². The van der Waals surface area contributed by atoms with Gasteiger partial charge in [-0.15, -0.1) is 0 Å². The van der Waals surface area contributed by atoms with Gasteiger partial charge in [0.2, 0.25) is 5.91 Å². The van der Waals surface area contributed by atoms with E-state index in [-0.39, 0.29) is 17.4 Å². The maximum atomic E-state index is 12.5. The van der Waals surface area contributed by atoms with Crippen LogP contribution in [0.15, 0.2) is 36.0 Å². The molecular formula is C17H20N4O2. The van der Waals surface area contributed by atoms with Gasteiger partial charge in [0.1, 0.15) is 11.6 Å². The summed E-state index contributed by atoms with van der Waals surface area (Å²) in [7, 11) is 0. The van der Waals surface area contributed by atoms with Crippen molar-refractivity contribution in [3.63, 3.8) is 0 Å². The highest BCUT2D eigenvalue weighted by atomic mass is 16.2. The quantitative estimate of drug-likeness (QED) is 0.525. The minimum Gasteiger partial charge on any atom is -0.399 e. The number of benzene rings is 1. The molecule has 0 bridgehead atoms. The average molecular weight is 312 g/mol. The Morgan fingerprint density at radius 2 is 2.00 bits per heavy atom. The van der Waals surface area contributed by atoms with Crippen molar-refractivity contribution in [2.75, 3.05) is 23.7 Å². The van der Waals surface area contributed by atoms with Crippen LogP contribution >= 0.6 is 0 Å². The Bertz CT molecular complexity index is 669. The standard InChI is InChI=1S/C17H20N4O2/c1-13(22)21(16-7-5-6-15(19)10-16)12-14(11-18)17(23)20-8-3-2-4-9-20/h5-7,10,12H,2-4,8-9,19H2,1H3/b14-12-. The summed E-state index contributed by atoms with van der Waals surface area (Å²) in [6.07, 6.45) is 4.28. The molecule has 2 N–H and O–H groups in total. The first-order valence-electron chi connectivity index (χ1n) is 7.59. The molecule has 0 radical (unpaired) electrons. The second-order valence-electron chi connectivity index (χ2n) is 5.49. The van der Waals surface area contributed by atoms with Crippen LogP contribution in [0.3, 0.4) is 0 Å². The van der Waals surface area contributed by atoms with Gasteiger partial charge in [-0.2, -0.15) is 5.26 Å². The van der Waals surface area contributed by atoms with Crippen LogP contribution in [0.5, 0.6) is 0 Å². The SMILES string of the molecule is CC(=O)N(/C=C(/C#N)C(=O)N1CCCCC1)c1cccc(N)c1. The van der Waals surface area contributed by atoms with Crippen LogP contribution in [-0.2, 0) is 9.59 Å². The molecule has 6 nitrogen and oxygen atoms in total. The molecule has 1 heterocycles. The third-order valence-corrected chi connectivity index (χ3v) is 3.74. The van der Waals surface area contributed by atoms with E-state index in [9.17, 15) is 14.9 Å². The van der Waals surface area contributed by atoms with E-state index in [1.54, 1.807) is 29.2 Å². The van der Waals surface area contributed by atoms with Crippen LogP contribution in [0.1, 0.15) is 26.2 Å². The number of hydrogen-bond acceptors (Lipinski definition) is 4. The lowest BCUT2D eigenvalue weighted by molar-refractivity contribution is -0.127. The van der Waals surface area contributed by atoms with Gasteiger partial charge < -0.3 is 10.6 Å². The zero-order valence-corrected chi connectivity index (χ0v) is 13.2. The number of nitrogens with two attached hydrogens (primary N) is 1. The Kier molecular flexibility index (Phi) is 5.36. The predicted octanol–water partition coefficient (Wildman–Crippen LogP) is 2.04. The minimum absolute atomic E-state index is 0.0514. The number of carbonyl (C=O) groups is 2. The van der Waals surface area contributed by atoms with Crippen molar-refractivity contribution < 1.29 is 9.59 Å². The van der Waals surface area contributed by atoms with Gasteiger partial charge in [-0.1, -0.05) is 6.07 Å². The predicted molar refractivity (Wildman–Crippen MR) is 88.1 cm³/mol. The lowest BCUT2D eigenvalue weighted by atomic mass is 10.1. The number of rotatable bonds is 3. The van der Waals surface area contributed by atoms with Crippen molar-refractivity contribution in [2.45, 2.75) is 26.2 Å². The van der Waals surface area contributed by atoms with Crippen LogP contribution in [0.4, 0.5) is 11.4 Å². The van der Waals surface area contributed by atoms with Crippen molar-refractivity contribution in [3.8, 4) is 6.07 Å². The number of piperidine rings is 1. The maximum absolute atomic E-state index is 12.5. The molecule has 2 amide bonds. The maximum Gasteiger partial charge on any atom is 0.266 e. The Morgan fingerprint density at radius 1 is 1.30 bits per heavy atom. The van der Waals surface area contributed by atoms with Crippen LogP contribution in [0.25, 0.3) is 0 Å². The molecule has 1 fully saturated rings. The highest BCUT2D eigenvalue weighted by Crippen LogP contribution is 2.20. The lowest BCUT2D eigenvalue weighted by Gasteiger charge is -2.27. The molecule has 23 heavy (non-hydrogen) atoms. The van der Waals surface area contributed by atoms with E-state index < -0.39 is 0 Å². The monoisotopic (exact) mass is 312 g/mol. The molecule has 1 aliphatic heterocycles. The number of amides is 2. The summed E-state index contributed by atoms with van der Waals surface area (Å²) >= 11 is 0. The van der Waals surface area contributed by atoms with Crippen molar-refractivity contribution in [1.82, 2.24) is 4.90 Å². The van der Waals surface area contributed by atoms with Gasteiger partial charge in [0.25, 0.3) is 5.91 Å². The van der Waals surface area contributed by atoms with Crippen molar-refractivity contribution in [1.29, 1.82) is 5.26 Å². The van der Waals surface area contributed by atoms with Crippen LogP contribution in [0, 0.1) is 11.3 Å². The van der Waals surface area contributed by atoms with Crippen molar-refractivity contribution >= 4 is 23.2 Å². The molecular weight excluding hydrogens is 292 g/mol. The Hall–Kier alpha value is -2.81. The molecule has 0 aliphatic carbocycles. The summed E-state index contributed by atoms with van der Waals surface area (Å²) < 4.78 is 0. The van der Waals surface area contributed by atoms with Crippen LogP contribution in [0.2, 0.25) is 0 Å². The number of likely N-dealkylation sites (tertiary alicyclic amines) is 1. The number of nitriles is 1. The fourth-order valence-electron chi connectivity index (χ4n) is 2.55. The van der Waals surface area contributed by atoms with Gasteiger partial charge in [0, 0.05) is 31.9 Å². The summed E-state index contributed by atoms with van der Waals surface area (Å²) in [5.74, 6) is -0.628. The Morgan fingerprint density at radius 3 is 2.57 bits per heavy atom. The first kappa shape index (κ1) is 16.6. The summed E-state index contributed by atoms with van der Waals surface area (Å²) in [6, 6.07) is 8.66. The normalized spacial score (nSPS) is 15.0. The van der Waals surface area contributed by atoms with E-state index in [1.807, 2.05) is 6.07 Å². The first-order valence-corrected chi connectivity index (χ1v) is 7.59. The van der Waals surface area contributed by atoms with Gasteiger partial charge in [-0.3, -0.25) is 14.5 Å². The van der Waals surface area contributed by atoms with Crippen LogP contribution in [-0.4, -0.2) is 29.8 Å². The molecule has 1 aromatic carbocycles. The summed E-state index contributed by atoms with van der Waals surface area (Å²) in [6.45, 7) is 2.67. The molecule has 1 saturated heterocycles. The third kappa shape index (κ3) is 4.10. The van der Waals surface area contributed by atoms with Gasteiger partial charge in [-0.05, 0) is 37.5 Å². The van der Waals surface area contributed by atoms with Crippen molar-refractivity contribution in [2.24, 2.45) is 0 Å². The van der Waals surface area contributed by atoms with Gasteiger partial charge >= 0.3 is 0 Å². The fourth-order valence-corrected chi connectivity index (χ4v) is 2.55. The van der Waals surface area contributed by atoms with Gasteiger partial charge in [-0.25, -0.2) is 0 Å².